The third-order valence-corrected chi connectivity index (χ3v) is 2.50. The van der Waals surface area contributed by atoms with Crippen LogP contribution in [0.2, 0.25) is 0 Å². The van der Waals surface area contributed by atoms with Crippen LogP contribution in [0.1, 0.15) is 12.7 Å². The van der Waals surface area contributed by atoms with Crippen LogP contribution in [-0.4, -0.2) is 39.4 Å². The summed E-state index contributed by atoms with van der Waals surface area (Å²) in [4.78, 5) is 7.06. The highest BCUT2D eigenvalue weighted by atomic mass is 79.9. The van der Waals surface area contributed by atoms with Gasteiger partial charge in [0.25, 0.3) is 0 Å². The number of rotatable bonds is 5. The number of alkyl halides is 1. The van der Waals surface area contributed by atoms with E-state index in [1.54, 1.807) is 0 Å². The molecule has 0 saturated heterocycles. The van der Waals surface area contributed by atoms with E-state index in [0.717, 1.165) is 25.5 Å². The summed E-state index contributed by atoms with van der Waals surface area (Å²) < 4.78 is 2.18. The van der Waals surface area contributed by atoms with E-state index in [2.05, 4.69) is 44.4 Å². The predicted octanol–water partition coefficient (Wildman–Crippen LogP) is 1.91. The van der Waals surface area contributed by atoms with Crippen LogP contribution in [-0.2, 0) is 6.54 Å². The van der Waals surface area contributed by atoms with E-state index in [4.69, 9.17) is 0 Å². The lowest BCUT2D eigenvalue weighted by molar-refractivity contribution is 0.323. The first-order valence-corrected chi connectivity index (χ1v) is 5.81. The van der Waals surface area contributed by atoms with E-state index in [1.165, 1.54) is 0 Å². The molecule has 3 nitrogen and oxygen atoms in total. The van der Waals surface area contributed by atoms with E-state index in [9.17, 15) is 0 Å². The highest BCUT2D eigenvalue weighted by molar-refractivity contribution is 9.09. The second-order valence-electron chi connectivity index (χ2n) is 3.71. The van der Waals surface area contributed by atoms with Crippen LogP contribution < -0.4 is 0 Å². The van der Waals surface area contributed by atoms with Crippen molar-refractivity contribution in [2.24, 2.45) is 0 Å². The smallest absolute Gasteiger partial charge is 0.105 e. The molecule has 1 unspecified atom stereocenters. The molecule has 1 aromatic rings. The maximum absolute atomic E-state index is 4.19. The van der Waals surface area contributed by atoms with Crippen molar-refractivity contribution in [1.82, 2.24) is 14.5 Å². The Morgan fingerprint density at radius 1 is 1.64 bits per heavy atom. The molecular weight excluding hydrogens is 242 g/mol. The Bertz CT molecular complexity index is 270. The minimum absolute atomic E-state index is 0.552. The van der Waals surface area contributed by atoms with Crippen molar-refractivity contribution in [3.63, 3.8) is 0 Å². The molecule has 0 amide bonds. The average Bonchev–Trinajstić information content (AvgIpc) is 2.46. The zero-order valence-corrected chi connectivity index (χ0v) is 10.7. The van der Waals surface area contributed by atoms with Gasteiger partial charge in [0.1, 0.15) is 5.82 Å². The van der Waals surface area contributed by atoms with Gasteiger partial charge < -0.3 is 9.47 Å². The Labute approximate surface area is 94.3 Å². The van der Waals surface area contributed by atoms with E-state index in [-0.39, 0.29) is 0 Å². The van der Waals surface area contributed by atoms with E-state index >= 15 is 0 Å². The van der Waals surface area contributed by atoms with Crippen LogP contribution in [0.3, 0.4) is 0 Å². The van der Waals surface area contributed by atoms with Gasteiger partial charge in [-0.25, -0.2) is 4.98 Å². The second-order valence-corrected chi connectivity index (χ2v) is 5.27. The van der Waals surface area contributed by atoms with Gasteiger partial charge in [0.2, 0.25) is 0 Å². The Hall–Kier alpha value is -0.350. The summed E-state index contributed by atoms with van der Waals surface area (Å²) in [6.07, 6.45) is 3.88. The van der Waals surface area contributed by atoms with Crippen molar-refractivity contribution in [2.75, 3.05) is 20.1 Å². The van der Waals surface area contributed by atoms with E-state index < -0.39 is 0 Å². The SMILES string of the molecule is Cc1nccn1CCN(C)CC(C)Br. The largest absolute Gasteiger partial charge is 0.334 e. The average molecular weight is 260 g/mol. The summed E-state index contributed by atoms with van der Waals surface area (Å²) in [5.74, 6) is 1.09. The summed E-state index contributed by atoms with van der Waals surface area (Å²) in [6.45, 7) is 7.36. The molecule has 1 aromatic heterocycles. The number of hydrogen-bond acceptors (Lipinski definition) is 2. The molecule has 1 atom stereocenters. The maximum atomic E-state index is 4.19. The first kappa shape index (κ1) is 11.7. The van der Waals surface area contributed by atoms with Gasteiger partial charge in [-0.05, 0) is 14.0 Å². The summed E-state index contributed by atoms with van der Waals surface area (Å²) >= 11 is 3.55. The summed E-state index contributed by atoms with van der Waals surface area (Å²) in [7, 11) is 2.14. The van der Waals surface area contributed by atoms with Crippen LogP contribution >= 0.6 is 15.9 Å². The fourth-order valence-corrected chi connectivity index (χ4v) is 1.93. The number of imidazole rings is 1. The minimum atomic E-state index is 0.552. The normalized spacial score (nSPS) is 13.5. The number of hydrogen-bond donors (Lipinski definition) is 0. The zero-order chi connectivity index (χ0) is 10.6. The second kappa shape index (κ2) is 5.51. The molecule has 4 heteroatoms. The quantitative estimate of drug-likeness (QED) is 0.754. The number of halogens is 1. The first-order valence-electron chi connectivity index (χ1n) is 4.90. The van der Waals surface area contributed by atoms with Gasteiger partial charge in [-0.15, -0.1) is 0 Å². The summed E-state index contributed by atoms with van der Waals surface area (Å²) in [6, 6.07) is 0. The molecule has 1 heterocycles. The number of likely N-dealkylation sites (N-methyl/N-ethyl adjacent to an activating group) is 1. The molecule has 0 spiro atoms. The number of aromatic nitrogens is 2. The Morgan fingerprint density at radius 2 is 2.36 bits per heavy atom. The molecule has 0 saturated carbocycles. The highest BCUT2D eigenvalue weighted by Gasteiger charge is 2.03. The van der Waals surface area contributed by atoms with Gasteiger partial charge in [0.15, 0.2) is 0 Å². The van der Waals surface area contributed by atoms with Gasteiger partial charge in [-0.1, -0.05) is 22.9 Å². The molecule has 0 aromatic carbocycles. The molecule has 0 radical (unpaired) electrons. The van der Waals surface area contributed by atoms with Crippen LogP contribution in [0, 0.1) is 6.92 Å². The van der Waals surface area contributed by atoms with Crippen molar-refractivity contribution >= 4 is 15.9 Å². The Morgan fingerprint density at radius 3 is 2.86 bits per heavy atom. The fraction of sp³-hybridized carbons (Fsp3) is 0.700. The van der Waals surface area contributed by atoms with E-state index in [0.29, 0.717) is 4.83 Å². The van der Waals surface area contributed by atoms with Crippen LogP contribution in [0.25, 0.3) is 0 Å². The Balaban J connectivity index is 2.30. The standard InChI is InChI=1S/C10H18BrN3/c1-9(11)8-13(3)6-7-14-5-4-12-10(14)2/h4-5,9H,6-8H2,1-3H3. The zero-order valence-electron chi connectivity index (χ0n) is 9.07. The highest BCUT2D eigenvalue weighted by Crippen LogP contribution is 2.01. The van der Waals surface area contributed by atoms with Crippen molar-refractivity contribution in [1.29, 1.82) is 0 Å². The van der Waals surface area contributed by atoms with Crippen LogP contribution in [0.5, 0.6) is 0 Å². The lowest BCUT2D eigenvalue weighted by Gasteiger charge is -2.18. The van der Waals surface area contributed by atoms with Crippen LogP contribution in [0.4, 0.5) is 0 Å². The third-order valence-electron chi connectivity index (χ3n) is 2.21. The molecule has 80 valence electrons. The molecule has 1 rings (SSSR count). The fourth-order valence-electron chi connectivity index (χ4n) is 1.44. The third kappa shape index (κ3) is 3.80. The summed E-state index contributed by atoms with van der Waals surface area (Å²) in [5, 5.41) is 0. The molecule has 0 aliphatic carbocycles. The molecule has 0 aliphatic rings. The van der Waals surface area contributed by atoms with Crippen LogP contribution in [0.15, 0.2) is 12.4 Å². The predicted molar refractivity (Wildman–Crippen MR) is 62.9 cm³/mol. The minimum Gasteiger partial charge on any atom is -0.334 e. The van der Waals surface area contributed by atoms with Gasteiger partial charge in [0, 0.05) is 36.9 Å². The van der Waals surface area contributed by atoms with Gasteiger partial charge in [-0.3, -0.25) is 0 Å². The molecule has 14 heavy (non-hydrogen) atoms. The molecule has 0 fully saturated rings. The Kier molecular flexibility index (Phi) is 4.62. The van der Waals surface area contributed by atoms with Crippen molar-refractivity contribution in [3.05, 3.63) is 18.2 Å². The van der Waals surface area contributed by atoms with Gasteiger partial charge in [0.05, 0.1) is 0 Å². The molecular formula is C10H18BrN3. The van der Waals surface area contributed by atoms with Gasteiger partial charge >= 0.3 is 0 Å². The lowest BCUT2D eigenvalue weighted by atomic mass is 10.4. The molecule has 0 N–H and O–H groups in total. The van der Waals surface area contributed by atoms with E-state index in [1.807, 2.05) is 19.3 Å². The van der Waals surface area contributed by atoms with Crippen molar-refractivity contribution in [3.8, 4) is 0 Å². The molecule has 0 aliphatic heterocycles. The van der Waals surface area contributed by atoms with Crippen molar-refractivity contribution < 1.29 is 0 Å². The number of nitrogens with zero attached hydrogens (tertiary/aromatic N) is 3. The topological polar surface area (TPSA) is 21.1 Å². The first-order chi connectivity index (χ1) is 6.59. The maximum Gasteiger partial charge on any atom is 0.105 e. The van der Waals surface area contributed by atoms with Gasteiger partial charge in [-0.2, -0.15) is 0 Å². The van der Waals surface area contributed by atoms with Crippen molar-refractivity contribution in [2.45, 2.75) is 25.2 Å². The monoisotopic (exact) mass is 259 g/mol. The number of aryl methyl sites for hydroxylation is 1. The summed E-state index contributed by atoms with van der Waals surface area (Å²) in [5.41, 5.74) is 0. The molecule has 0 bridgehead atoms. The lowest BCUT2D eigenvalue weighted by Crippen LogP contribution is -2.28.